The predicted octanol–water partition coefficient (Wildman–Crippen LogP) is 4.65. The van der Waals surface area contributed by atoms with Gasteiger partial charge in [0, 0.05) is 38.2 Å². The highest BCUT2D eigenvalue weighted by Gasteiger charge is 2.25. The van der Waals surface area contributed by atoms with Gasteiger partial charge in [0.1, 0.15) is 5.75 Å². The molecule has 5 heteroatoms. The quantitative estimate of drug-likeness (QED) is 0.722. The minimum atomic E-state index is -0.416. The van der Waals surface area contributed by atoms with Gasteiger partial charge < -0.3 is 14.7 Å². The second-order valence-electron chi connectivity index (χ2n) is 10.5. The smallest absolute Gasteiger partial charge is 0.253 e. The monoisotopic (exact) mass is 462 g/mol. The molecule has 2 heterocycles. The van der Waals surface area contributed by atoms with E-state index in [1.165, 1.54) is 43.4 Å². The molecular weight excluding hydrogens is 424 g/mol. The molecule has 1 aliphatic carbocycles. The zero-order valence-electron chi connectivity index (χ0n) is 20.3. The molecule has 5 nitrogen and oxygen atoms in total. The third-order valence-electron chi connectivity index (χ3n) is 7.37. The summed E-state index contributed by atoms with van der Waals surface area (Å²) in [6.45, 7) is 5.24. The average molecular weight is 463 g/mol. The zero-order valence-corrected chi connectivity index (χ0v) is 20.3. The molecule has 1 saturated carbocycles. The minimum Gasteiger partial charge on any atom is -0.493 e. The third-order valence-corrected chi connectivity index (χ3v) is 7.37. The normalized spacial score (nSPS) is 22.4. The van der Waals surface area contributed by atoms with Gasteiger partial charge in [0.25, 0.3) is 5.91 Å². The molecule has 2 fully saturated rings. The number of likely N-dealkylation sites (tertiary alicyclic amines) is 1. The maximum atomic E-state index is 13.2. The number of ether oxygens (including phenoxy) is 1. The molecule has 34 heavy (non-hydrogen) atoms. The molecule has 2 bridgehead atoms. The van der Waals surface area contributed by atoms with Crippen molar-refractivity contribution in [1.82, 2.24) is 9.80 Å². The summed E-state index contributed by atoms with van der Waals surface area (Å²) in [5.41, 5.74) is 4.37. The van der Waals surface area contributed by atoms with E-state index in [-0.39, 0.29) is 5.91 Å². The van der Waals surface area contributed by atoms with Crippen LogP contribution >= 0.6 is 0 Å². The number of aliphatic hydroxyl groups excluding tert-OH is 1. The van der Waals surface area contributed by atoms with Crippen molar-refractivity contribution < 1.29 is 14.6 Å². The standard InChI is InChI=1S/C29H38N2O3/c32-27-8-5-14-31(21-27)29(33)25-11-12-28-26(18-25)17-23-6-4-7-24(16-23)20-30(19-22-9-10-22)13-2-1-3-15-34-28/h4,6-7,11-12,16,18,22,27,32H,1-3,5,8-10,13-15,17,19-21H2. The number of rotatable bonds is 3. The van der Waals surface area contributed by atoms with Crippen molar-refractivity contribution in [2.24, 2.45) is 5.92 Å². The fourth-order valence-electron chi connectivity index (χ4n) is 5.33. The van der Waals surface area contributed by atoms with E-state index in [1.807, 2.05) is 18.2 Å². The fourth-order valence-corrected chi connectivity index (χ4v) is 5.33. The highest BCUT2D eigenvalue weighted by Crippen LogP contribution is 2.31. The first kappa shape index (κ1) is 23.4. The summed E-state index contributed by atoms with van der Waals surface area (Å²) >= 11 is 0. The molecule has 182 valence electrons. The Morgan fingerprint density at radius 2 is 1.85 bits per heavy atom. The summed E-state index contributed by atoms with van der Waals surface area (Å²) in [6.07, 6.45) is 8.16. The molecule has 1 N–H and O–H groups in total. The first-order chi connectivity index (χ1) is 16.6. The van der Waals surface area contributed by atoms with Crippen molar-refractivity contribution in [1.29, 1.82) is 0 Å². The maximum Gasteiger partial charge on any atom is 0.253 e. The van der Waals surface area contributed by atoms with E-state index in [0.717, 1.165) is 56.0 Å². The van der Waals surface area contributed by atoms with E-state index in [9.17, 15) is 9.90 Å². The largest absolute Gasteiger partial charge is 0.493 e. The van der Waals surface area contributed by atoms with E-state index in [1.54, 1.807) is 4.90 Å². The van der Waals surface area contributed by atoms with Crippen molar-refractivity contribution in [2.75, 3.05) is 32.8 Å². The van der Waals surface area contributed by atoms with Gasteiger partial charge in [0.15, 0.2) is 0 Å². The van der Waals surface area contributed by atoms with Gasteiger partial charge in [-0.2, -0.15) is 0 Å². The van der Waals surface area contributed by atoms with Gasteiger partial charge in [0.2, 0.25) is 0 Å². The molecule has 2 aromatic carbocycles. The highest BCUT2D eigenvalue weighted by molar-refractivity contribution is 5.94. The molecule has 1 atom stereocenters. The highest BCUT2D eigenvalue weighted by atomic mass is 16.5. The molecule has 2 aliphatic heterocycles. The number of nitrogens with zero attached hydrogens (tertiary/aromatic N) is 2. The van der Waals surface area contributed by atoms with Crippen LogP contribution in [0, 0.1) is 5.92 Å². The molecular formula is C29H38N2O3. The lowest BCUT2D eigenvalue weighted by atomic mass is 9.99. The molecule has 3 aliphatic rings. The van der Waals surface area contributed by atoms with Gasteiger partial charge in [-0.1, -0.05) is 24.3 Å². The summed E-state index contributed by atoms with van der Waals surface area (Å²) in [5, 5.41) is 10.0. The van der Waals surface area contributed by atoms with Crippen LogP contribution in [0.4, 0.5) is 0 Å². The fraction of sp³-hybridized carbons (Fsp3) is 0.552. The zero-order chi connectivity index (χ0) is 23.3. The Hall–Kier alpha value is -2.37. The lowest BCUT2D eigenvalue weighted by Gasteiger charge is -2.30. The number of piperidine rings is 1. The number of hydrogen-bond acceptors (Lipinski definition) is 4. The Kier molecular flexibility index (Phi) is 7.51. The molecule has 0 spiro atoms. The molecule has 1 amide bonds. The number of β-amino-alcohol motifs (C(OH)–C–C–N with tert-alkyl or cyclic N) is 1. The van der Waals surface area contributed by atoms with Crippen LogP contribution in [0.1, 0.15) is 72.0 Å². The molecule has 1 saturated heterocycles. The van der Waals surface area contributed by atoms with Crippen LogP contribution in [-0.4, -0.2) is 59.7 Å². The van der Waals surface area contributed by atoms with E-state index >= 15 is 0 Å². The number of fused-ring (bicyclic) bond motifs is 3. The SMILES string of the molecule is O=C(c1ccc2c(c1)Cc1cccc(c1)CN(CC1CC1)CCCCCO2)N1CCCC(O)C1. The Labute approximate surface area is 203 Å². The average Bonchev–Trinajstić information content (AvgIpc) is 3.65. The van der Waals surface area contributed by atoms with Crippen molar-refractivity contribution >= 4 is 5.91 Å². The first-order valence-corrected chi connectivity index (χ1v) is 13.2. The topological polar surface area (TPSA) is 53.0 Å². The van der Waals surface area contributed by atoms with Gasteiger partial charge in [-0.15, -0.1) is 0 Å². The Bertz CT molecular complexity index is 987. The number of benzene rings is 2. The van der Waals surface area contributed by atoms with Gasteiger partial charge in [0.05, 0.1) is 12.7 Å². The number of amides is 1. The molecule has 0 aromatic heterocycles. The number of carbonyl (C=O) groups excluding carboxylic acids is 1. The summed E-state index contributed by atoms with van der Waals surface area (Å²) in [7, 11) is 0. The number of carbonyl (C=O) groups is 1. The summed E-state index contributed by atoms with van der Waals surface area (Å²) in [5.74, 6) is 1.78. The molecule has 2 aromatic rings. The minimum absolute atomic E-state index is 0.00502. The number of hydrogen-bond donors (Lipinski definition) is 1. The van der Waals surface area contributed by atoms with Crippen LogP contribution < -0.4 is 4.74 Å². The van der Waals surface area contributed by atoms with E-state index in [0.29, 0.717) is 25.3 Å². The van der Waals surface area contributed by atoms with Gasteiger partial charge in [-0.25, -0.2) is 0 Å². The summed E-state index contributed by atoms with van der Waals surface area (Å²) < 4.78 is 6.22. The van der Waals surface area contributed by atoms with Crippen molar-refractivity contribution in [3.63, 3.8) is 0 Å². The first-order valence-electron chi connectivity index (χ1n) is 13.2. The van der Waals surface area contributed by atoms with Crippen LogP contribution in [-0.2, 0) is 13.0 Å². The van der Waals surface area contributed by atoms with E-state index in [2.05, 4.69) is 29.2 Å². The Balaban J connectivity index is 1.38. The summed E-state index contributed by atoms with van der Waals surface area (Å²) in [4.78, 5) is 17.6. The Morgan fingerprint density at radius 3 is 2.71 bits per heavy atom. The van der Waals surface area contributed by atoms with Crippen molar-refractivity contribution in [3.05, 3.63) is 64.7 Å². The summed E-state index contributed by atoms with van der Waals surface area (Å²) in [6, 6.07) is 14.8. The van der Waals surface area contributed by atoms with Gasteiger partial charge >= 0.3 is 0 Å². The van der Waals surface area contributed by atoms with Crippen LogP contribution in [0.25, 0.3) is 0 Å². The van der Waals surface area contributed by atoms with E-state index < -0.39 is 6.10 Å². The van der Waals surface area contributed by atoms with Gasteiger partial charge in [-0.05, 0) is 92.3 Å². The second kappa shape index (κ2) is 10.9. The van der Waals surface area contributed by atoms with Crippen molar-refractivity contribution in [3.8, 4) is 5.75 Å². The van der Waals surface area contributed by atoms with Crippen LogP contribution in [0.3, 0.4) is 0 Å². The third kappa shape index (κ3) is 6.19. The number of aliphatic hydroxyl groups is 1. The lowest BCUT2D eigenvalue weighted by Crippen LogP contribution is -2.42. The predicted molar refractivity (Wildman–Crippen MR) is 134 cm³/mol. The molecule has 0 radical (unpaired) electrons. The van der Waals surface area contributed by atoms with Gasteiger partial charge in [-0.3, -0.25) is 9.69 Å². The second-order valence-corrected chi connectivity index (χ2v) is 10.5. The molecule has 1 unspecified atom stereocenters. The van der Waals surface area contributed by atoms with Crippen LogP contribution in [0.15, 0.2) is 42.5 Å². The maximum absolute atomic E-state index is 13.2. The molecule has 5 rings (SSSR count). The van der Waals surface area contributed by atoms with Crippen LogP contribution in [0.5, 0.6) is 5.75 Å². The van der Waals surface area contributed by atoms with E-state index in [4.69, 9.17) is 4.74 Å². The van der Waals surface area contributed by atoms with Crippen LogP contribution in [0.2, 0.25) is 0 Å². The van der Waals surface area contributed by atoms with Crippen molar-refractivity contribution in [2.45, 2.75) is 64.0 Å². The lowest BCUT2D eigenvalue weighted by molar-refractivity contribution is 0.0473. The Morgan fingerprint density at radius 1 is 0.971 bits per heavy atom.